The van der Waals surface area contributed by atoms with Crippen LogP contribution in [0.5, 0.6) is 0 Å². The minimum absolute atomic E-state index is 0.164. The first-order valence-corrected chi connectivity index (χ1v) is 7.93. The highest BCUT2D eigenvalue weighted by Crippen LogP contribution is 2.45. The van der Waals surface area contributed by atoms with Crippen molar-refractivity contribution in [1.82, 2.24) is 9.55 Å². The van der Waals surface area contributed by atoms with Gasteiger partial charge >= 0.3 is 7.60 Å². The maximum absolute atomic E-state index is 12.7. The molecule has 0 spiro atoms. The summed E-state index contributed by atoms with van der Waals surface area (Å²) in [6, 6.07) is 7.14. The third-order valence-electron chi connectivity index (χ3n) is 2.82. The fourth-order valence-electron chi connectivity index (χ4n) is 1.94. The SMILES string of the molecule is CCOP(=O)(OCC)c1nc2ccccc2n(C)c1=O. The molecule has 6 nitrogen and oxygen atoms in total. The standard InChI is InChI=1S/C13H17N2O4P/c1-4-18-20(17,19-5-2)12-13(16)15(3)11-9-7-6-8-10(11)14-12/h6-9H,4-5H2,1-3H3. The number of rotatable bonds is 5. The van der Waals surface area contributed by atoms with Gasteiger partial charge in [-0.1, -0.05) is 12.1 Å². The number of benzene rings is 1. The van der Waals surface area contributed by atoms with E-state index in [1.54, 1.807) is 39.1 Å². The second kappa shape index (κ2) is 5.87. The van der Waals surface area contributed by atoms with Crippen LogP contribution in [0.15, 0.2) is 29.1 Å². The van der Waals surface area contributed by atoms with Gasteiger partial charge in [0.25, 0.3) is 5.56 Å². The first kappa shape index (κ1) is 14.9. The van der Waals surface area contributed by atoms with Gasteiger partial charge in [-0.15, -0.1) is 0 Å². The van der Waals surface area contributed by atoms with Crippen LogP contribution in [-0.4, -0.2) is 22.8 Å². The van der Waals surface area contributed by atoms with E-state index in [2.05, 4.69) is 4.98 Å². The van der Waals surface area contributed by atoms with E-state index in [9.17, 15) is 9.36 Å². The summed E-state index contributed by atoms with van der Waals surface area (Å²) in [5, 5.41) is 0. The fraction of sp³-hybridized carbons (Fsp3) is 0.385. The van der Waals surface area contributed by atoms with Gasteiger partial charge < -0.3 is 13.6 Å². The van der Waals surface area contributed by atoms with Crippen molar-refractivity contribution in [2.45, 2.75) is 13.8 Å². The molecule has 7 heteroatoms. The predicted molar refractivity (Wildman–Crippen MR) is 77.5 cm³/mol. The van der Waals surface area contributed by atoms with Gasteiger partial charge in [0.15, 0.2) is 0 Å². The number of aromatic nitrogens is 2. The summed E-state index contributed by atoms with van der Waals surface area (Å²) in [5.41, 5.74) is 0.612. The molecule has 0 aliphatic carbocycles. The molecule has 0 atom stereocenters. The lowest BCUT2D eigenvalue weighted by atomic mass is 10.3. The lowest BCUT2D eigenvalue weighted by Gasteiger charge is -2.17. The van der Waals surface area contributed by atoms with Crippen LogP contribution in [0, 0.1) is 0 Å². The molecule has 1 aromatic carbocycles. The topological polar surface area (TPSA) is 70.4 Å². The van der Waals surface area contributed by atoms with Gasteiger partial charge in [-0.25, -0.2) is 4.98 Å². The maximum Gasteiger partial charge on any atom is 0.385 e. The van der Waals surface area contributed by atoms with Crippen molar-refractivity contribution in [2.75, 3.05) is 13.2 Å². The van der Waals surface area contributed by atoms with Crippen LogP contribution >= 0.6 is 7.60 Å². The highest BCUT2D eigenvalue weighted by Gasteiger charge is 2.33. The molecule has 1 aromatic heterocycles. The Kier molecular flexibility index (Phi) is 4.38. The van der Waals surface area contributed by atoms with Crippen LogP contribution < -0.4 is 11.0 Å². The van der Waals surface area contributed by atoms with Crippen LogP contribution in [0.2, 0.25) is 0 Å². The highest BCUT2D eigenvalue weighted by molar-refractivity contribution is 7.61. The van der Waals surface area contributed by atoms with E-state index < -0.39 is 13.2 Å². The third-order valence-corrected chi connectivity index (χ3v) is 4.83. The molecule has 0 unspecified atom stereocenters. The lowest BCUT2D eigenvalue weighted by Crippen LogP contribution is -2.36. The Morgan fingerprint density at radius 2 is 1.80 bits per heavy atom. The number of fused-ring (bicyclic) bond motifs is 1. The zero-order valence-electron chi connectivity index (χ0n) is 11.7. The molecule has 1 heterocycles. The molecular weight excluding hydrogens is 279 g/mol. The molecule has 0 N–H and O–H groups in total. The van der Waals surface area contributed by atoms with E-state index in [1.165, 1.54) is 4.57 Å². The van der Waals surface area contributed by atoms with Crippen molar-refractivity contribution in [3.8, 4) is 0 Å². The highest BCUT2D eigenvalue weighted by atomic mass is 31.2. The minimum atomic E-state index is -3.69. The quantitative estimate of drug-likeness (QED) is 0.787. The largest absolute Gasteiger partial charge is 0.385 e. The van der Waals surface area contributed by atoms with Gasteiger partial charge in [-0.2, -0.15) is 0 Å². The van der Waals surface area contributed by atoms with Gasteiger partial charge in [0.2, 0.25) is 5.44 Å². The molecule has 0 amide bonds. The Hall–Kier alpha value is -1.49. The molecule has 0 saturated heterocycles. The molecule has 2 rings (SSSR count). The first-order valence-electron chi connectivity index (χ1n) is 6.39. The second-order valence-electron chi connectivity index (χ2n) is 4.12. The van der Waals surface area contributed by atoms with E-state index in [4.69, 9.17) is 9.05 Å². The Labute approximate surface area is 116 Å². The summed E-state index contributed by atoms with van der Waals surface area (Å²) < 4.78 is 24.5. The van der Waals surface area contributed by atoms with Gasteiger partial charge in [0, 0.05) is 7.05 Å². The molecule has 0 bridgehead atoms. The van der Waals surface area contributed by atoms with Crippen LogP contribution in [0.1, 0.15) is 13.8 Å². The summed E-state index contributed by atoms with van der Waals surface area (Å²) in [5.74, 6) is 0. The van der Waals surface area contributed by atoms with Gasteiger partial charge in [0.05, 0.1) is 24.2 Å². The van der Waals surface area contributed by atoms with Gasteiger partial charge in [-0.05, 0) is 26.0 Å². The van der Waals surface area contributed by atoms with E-state index in [0.29, 0.717) is 11.0 Å². The van der Waals surface area contributed by atoms with E-state index in [1.807, 2.05) is 6.07 Å². The zero-order chi connectivity index (χ0) is 14.8. The first-order chi connectivity index (χ1) is 9.53. The predicted octanol–water partition coefficient (Wildman–Crippen LogP) is 1.82. The van der Waals surface area contributed by atoms with Crippen molar-refractivity contribution >= 4 is 24.1 Å². The van der Waals surface area contributed by atoms with Crippen molar-refractivity contribution < 1.29 is 13.6 Å². The summed E-state index contributed by atoms with van der Waals surface area (Å²) in [6.07, 6.45) is 0. The Morgan fingerprint density at radius 1 is 1.20 bits per heavy atom. The molecule has 108 valence electrons. The number of hydrogen-bond acceptors (Lipinski definition) is 5. The Balaban J connectivity index is 2.73. The van der Waals surface area contributed by atoms with Crippen molar-refractivity contribution in [3.05, 3.63) is 34.6 Å². The molecule has 0 fully saturated rings. The average molecular weight is 296 g/mol. The minimum Gasteiger partial charge on any atom is -0.308 e. The van der Waals surface area contributed by atoms with Crippen molar-refractivity contribution in [2.24, 2.45) is 7.05 Å². The van der Waals surface area contributed by atoms with Crippen LogP contribution in [0.3, 0.4) is 0 Å². The number of aryl methyl sites for hydroxylation is 1. The normalized spacial score (nSPS) is 11.9. The Morgan fingerprint density at radius 3 is 2.40 bits per heavy atom. The molecular formula is C13H17N2O4P. The lowest BCUT2D eigenvalue weighted by molar-refractivity contribution is 0.229. The van der Waals surface area contributed by atoms with E-state index >= 15 is 0 Å². The smallest absolute Gasteiger partial charge is 0.308 e. The number of nitrogens with zero attached hydrogens (tertiary/aromatic N) is 2. The van der Waals surface area contributed by atoms with Crippen LogP contribution in [-0.2, 0) is 20.7 Å². The van der Waals surface area contributed by atoms with Gasteiger partial charge in [0.1, 0.15) is 0 Å². The number of para-hydroxylation sites is 2. The van der Waals surface area contributed by atoms with Crippen molar-refractivity contribution in [3.63, 3.8) is 0 Å². The molecule has 2 aromatic rings. The Bertz CT molecular complexity index is 716. The molecule has 0 saturated carbocycles. The number of hydrogen-bond donors (Lipinski definition) is 0. The van der Waals surface area contributed by atoms with Crippen LogP contribution in [0.4, 0.5) is 0 Å². The molecule has 0 radical (unpaired) electrons. The summed E-state index contributed by atoms with van der Waals surface area (Å²) in [7, 11) is -2.08. The molecule has 0 aliphatic rings. The zero-order valence-corrected chi connectivity index (χ0v) is 12.6. The molecule has 0 aliphatic heterocycles. The maximum atomic E-state index is 12.7. The van der Waals surface area contributed by atoms with Crippen LogP contribution in [0.25, 0.3) is 11.0 Å². The van der Waals surface area contributed by atoms with Gasteiger partial charge in [-0.3, -0.25) is 9.36 Å². The third kappa shape index (κ3) is 2.54. The molecule has 20 heavy (non-hydrogen) atoms. The summed E-state index contributed by atoms with van der Waals surface area (Å²) in [6.45, 7) is 3.73. The fourth-order valence-corrected chi connectivity index (χ4v) is 3.55. The van der Waals surface area contributed by atoms with Crippen molar-refractivity contribution in [1.29, 1.82) is 0 Å². The monoisotopic (exact) mass is 296 g/mol. The van der Waals surface area contributed by atoms with E-state index in [-0.39, 0.29) is 18.6 Å². The summed E-state index contributed by atoms with van der Waals surface area (Å²) >= 11 is 0. The summed E-state index contributed by atoms with van der Waals surface area (Å²) in [4.78, 5) is 16.5. The van der Waals surface area contributed by atoms with E-state index in [0.717, 1.165) is 0 Å². The second-order valence-corrected chi connectivity index (χ2v) is 6.06. The average Bonchev–Trinajstić information content (AvgIpc) is 2.43.